The number of rotatable bonds is 3. The summed E-state index contributed by atoms with van der Waals surface area (Å²) in [6.45, 7) is 5.72. The van der Waals surface area contributed by atoms with Crippen LogP contribution in [-0.2, 0) is 9.53 Å². The SMILES string of the molecule is CCCC#CCC(=O)OC(C)C. The molecule has 0 aliphatic rings. The summed E-state index contributed by atoms with van der Waals surface area (Å²) in [7, 11) is 0. The van der Waals surface area contributed by atoms with Crippen molar-refractivity contribution in [1.82, 2.24) is 0 Å². The Morgan fingerprint density at radius 2 is 2.08 bits per heavy atom. The second-order valence-corrected chi connectivity index (χ2v) is 2.82. The topological polar surface area (TPSA) is 26.3 Å². The molecule has 68 valence electrons. The Labute approximate surface area is 74.3 Å². The number of hydrogen-bond donors (Lipinski definition) is 0. The summed E-state index contributed by atoms with van der Waals surface area (Å²) in [5, 5.41) is 0. The van der Waals surface area contributed by atoms with Crippen LogP contribution in [0, 0.1) is 11.8 Å². The Morgan fingerprint density at radius 1 is 1.42 bits per heavy atom. The van der Waals surface area contributed by atoms with Crippen molar-refractivity contribution < 1.29 is 9.53 Å². The smallest absolute Gasteiger partial charge is 0.318 e. The van der Waals surface area contributed by atoms with Crippen LogP contribution in [-0.4, -0.2) is 12.1 Å². The first-order valence-corrected chi connectivity index (χ1v) is 4.32. The molecule has 0 aromatic carbocycles. The van der Waals surface area contributed by atoms with E-state index in [4.69, 9.17) is 4.74 Å². The van der Waals surface area contributed by atoms with Gasteiger partial charge in [0.25, 0.3) is 0 Å². The molecule has 0 rings (SSSR count). The highest BCUT2D eigenvalue weighted by Crippen LogP contribution is 1.92. The van der Waals surface area contributed by atoms with E-state index in [-0.39, 0.29) is 18.5 Å². The lowest BCUT2D eigenvalue weighted by atomic mass is 10.3. The molecule has 2 heteroatoms. The van der Waals surface area contributed by atoms with E-state index < -0.39 is 0 Å². The van der Waals surface area contributed by atoms with Crippen molar-refractivity contribution in [2.24, 2.45) is 0 Å². The highest BCUT2D eigenvalue weighted by molar-refractivity contribution is 5.72. The first-order chi connectivity index (χ1) is 5.66. The predicted octanol–water partition coefficient (Wildman–Crippen LogP) is 2.13. The van der Waals surface area contributed by atoms with Gasteiger partial charge in [0.2, 0.25) is 0 Å². The molecular formula is C10H16O2. The summed E-state index contributed by atoms with van der Waals surface area (Å²) in [6, 6.07) is 0. The van der Waals surface area contributed by atoms with Crippen molar-refractivity contribution in [3.05, 3.63) is 0 Å². The van der Waals surface area contributed by atoms with Crippen molar-refractivity contribution in [3.8, 4) is 11.8 Å². The van der Waals surface area contributed by atoms with Gasteiger partial charge in [-0.25, -0.2) is 0 Å². The van der Waals surface area contributed by atoms with Gasteiger partial charge in [0.1, 0.15) is 6.42 Å². The van der Waals surface area contributed by atoms with Gasteiger partial charge in [-0.15, -0.1) is 5.92 Å². The number of carbonyl (C=O) groups excluding carboxylic acids is 1. The fraction of sp³-hybridized carbons (Fsp3) is 0.700. The number of esters is 1. The van der Waals surface area contributed by atoms with Gasteiger partial charge in [0, 0.05) is 6.42 Å². The average molecular weight is 168 g/mol. The molecule has 0 amide bonds. The summed E-state index contributed by atoms with van der Waals surface area (Å²) in [5.74, 6) is 5.43. The molecule has 0 saturated carbocycles. The van der Waals surface area contributed by atoms with Crippen molar-refractivity contribution in [3.63, 3.8) is 0 Å². The van der Waals surface area contributed by atoms with Gasteiger partial charge in [0.05, 0.1) is 6.10 Å². The van der Waals surface area contributed by atoms with Gasteiger partial charge in [-0.2, -0.15) is 0 Å². The Bertz CT molecular complexity index is 184. The molecule has 0 radical (unpaired) electrons. The number of ether oxygens (including phenoxy) is 1. The largest absolute Gasteiger partial charge is 0.462 e. The molecule has 0 aromatic rings. The molecule has 0 aliphatic heterocycles. The van der Waals surface area contributed by atoms with Crippen LogP contribution < -0.4 is 0 Å². The van der Waals surface area contributed by atoms with Crippen molar-refractivity contribution in [1.29, 1.82) is 0 Å². The Balaban J connectivity index is 3.52. The van der Waals surface area contributed by atoms with Gasteiger partial charge in [0.15, 0.2) is 0 Å². The lowest BCUT2D eigenvalue weighted by Crippen LogP contribution is -2.09. The Kier molecular flexibility index (Phi) is 6.18. The minimum Gasteiger partial charge on any atom is -0.462 e. The third kappa shape index (κ3) is 7.14. The van der Waals surface area contributed by atoms with E-state index in [1.807, 2.05) is 13.8 Å². The third-order valence-electron chi connectivity index (χ3n) is 1.10. The quantitative estimate of drug-likeness (QED) is 0.476. The third-order valence-corrected chi connectivity index (χ3v) is 1.10. The molecule has 0 saturated heterocycles. The van der Waals surface area contributed by atoms with Crippen LogP contribution >= 0.6 is 0 Å². The Morgan fingerprint density at radius 3 is 2.58 bits per heavy atom. The molecule has 0 spiro atoms. The second-order valence-electron chi connectivity index (χ2n) is 2.82. The molecule has 2 nitrogen and oxygen atoms in total. The highest BCUT2D eigenvalue weighted by Gasteiger charge is 2.01. The minimum absolute atomic E-state index is 0.0366. The van der Waals surface area contributed by atoms with E-state index in [9.17, 15) is 4.79 Å². The monoisotopic (exact) mass is 168 g/mol. The van der Waals surface area contributed by atoms with E-state index in [2.05, 4.69) is 18.8 Å². The zero-order valence-corrected chi connectivity index (χ0v) is 8.02. The summed E-state index contributed by atoms with van der Waals surface area (Å²) in [4.78, 5) is 10.9. The first kappa shape index (κ1) is 11.0. The van der Waals surface area contributed by atoms with Crippen LogP contribution in [0.25, 0.3) is 0 Å². The molecule has 0 fully saturated rings. The predicted molar refractivity (Wildman–Crippen MR) is 48.5 cm³/mol. The summed E-state index contributed by atoms with van der Waals surface area (Å²) in [6.07, 6.45) is 2.07. The number of unbranched alkanes of at least 4 members (excludes halogenated alkanes) is 1. The van der Waals surface area contributed by atoms with Crippen molar-refractivity contribution in [2.75, 3.05) is 0 Å². The average Bonchev–Trinajstić information content (AvgIpc) is 1.97. The zero-order chi connectivity index (χ0) is 9.40. The fourth-order valence-electron chi connectivity index (χ4n) is 0.653. The molecule has 0 atom stereocenters. The lowest BCUT2D eigenvalue weighted by molar-refractivity contribution is -0.146. The molecule has 0 heterocycles. The zero-order valence-electron chi connectivity index (χ0n) is 8.02. The molecule has 0 aliphatic carbocycles. The van der Waals surface area contributed by atoms with Crippen LogP contribution in [0.4, 0.5) is 0 Å². The number of hydrogen-bond acceptors (Lipinski definition) is 2. The number of carbonyl (C=O) groups is 1. The van der Waals surface area contributed by atoms with Crippen LogP contribution in [0.15, 0.2) is 0 Å². The van der Waals surface area contributed by atoms with E-state index in [0.29, 0.717) is 0 Å². The van der Waals surface area contributed by atoms with Crippen molar-refractivity contribution >= 4 is 5.97 Å². The van der Waals surface area contributed by atoms with Crippen LogP contribution in [0.1, 0.15) is 40.0 Å². The molecule has 0 aromatic heterocycles. The van der Waals surface area contributed by atoms with E-state index in [0.717, 1.165) is 12.8 Å². The molecule has 12 heavy (non-hydrogen) atoms. The molecule has 0 bridgehead atoms. The highest BCUT2D eigenvalue weighted by atomic mass is 16.5. The van der Waals surface area contributed by atoms with E-state index in [1.54, 1.807) is 0 Å². The minimum atomic E-state index is -0.228. The lowest BCUT2D eigenvalue weighted by Gasteiger charge is -2.04. The maximum Gasteiger partial charge on any atom is 0.318 e. The normalized spacial score (nSPS) is 9.00. The van der Waals surface area contributed by atoms with Gasteiger partial charge in [-0.3, -0.25) is 4.79 Å². The van der Waals surface area contributed by atoms with Gasteiger partial charge >= 0.3 is 5.97 Å². The first-order valence-electron chi connectivity index (χ1n) is 4.32. The Hall–Kier alpha value is -0.970. The summed E-state index contributed by atoms with van der Waals surface area (Å²) >= 11 is 0. The van der Waals surface area contributed by atoms with E-state index in [1.165, 1.54) is 0 Å². The maximum atomic E-state index is 10.9. The van der Waals surface area contributed by atoms with Crippen LogP contribution in [0.3, 0.4) is 0 Å². The molecule has 0 N–H and O–H groups in total. The van der Waals surface area contributed by atoms with Gasteiger partial charge in [-0.1, -0.05) is 12.8 Å². The van der Waals surface area contributed by atoms with Gasteiger partial charge < -0.3 is 4.74 Å². The summed E-state index contributed by atoms with van der Waals surface area (Å²) < 4.78 is 4.89. The standard InChI is InChI=1S/C10H16O2/c1-4-5-6-7-8-10(11)12-9(2)3/h9H,4-5,8H2,1-3H3. The van der Waals surface area contributed by atoms with Crippen LogP contribution in [0.5, 0.6) is 0 Å². The second kappa shape index (κ2) is 6.72. The van der Waals surface area contributed by atoms with Gasteiger partial charge in [-0.05, 0) is 20.3 Å². The van der Waals surface area contributed by atoms with Crippen molar-refractivity contribution in [2.45, 2.75) is 46.1 Å². The van der Waals surface area contributed by atoms with E-state index >= 15 is 0 Å². The summed E-state index contributed by atoms with van der Waals surface area (Å²) in [5.41, 5.74) is 0. The maximum absolute atomic E-state index is 10.9. The molecule has 0 unspecified atom stereocenters. The fourth-order valence-corrected chi connectivity index (χ4v) is 0.653. The van der Waals surface area contributed by atoms with Crippen LogP contribution in [0.2, 0.25) is 0 Å². The molecular weight excluding hydrogens is 152 g/mol.